The Labute approximate surface area is 239 Å². The molecule has 218 valence electrons. The number of benzene rings is 1. The van der Waals surface area contributed by atoms with Crippen LogP contribution in [0.3, 0.4) is 0 Å². The van der Waals surface area contributed by atoms with Gasteiger partial charge >= 0.3 is 6.18 Å². The molecule has 1 atom stereocenters. The average molecular weight is 592 g/mol. The van der Waals surface area contributed by atoms with Gasteiger partial charge in [-0.3, -0.25) is 9.59 Å². The number of aromatic nitrogens is 3. The lowest BCUT2D eigenvalue weighted by molar-refractivity contribution is -0.138. The number of nitrogens with one attached hydrogen (secondary N) is 2. The summed E-state index contributed by atoms with van der Waals surface area (Å²) in [7, 11) is 2.01. The second kappa shape index (κ2) is 11.7. The number of piperazine rings is 1. The standard InChI is InChI=1S/C27H29ClF3N7O3/c1-16-15-38(4-3-36(16)2)23-11-21(28)18(17-12-33-26(34-13-17)37-5-7-41-8-6-37)9-22(23)35-25(40)19-14-32-24(39)10-20(19)27(29,30)31/h9-14,16H,3-8,15H2,1-2H3,(H,32,39)(H,35,40). The number of ether oxygens (including phenoxy) is 1. The number of hydrogen-bond acceptors (Lipinski definition) is 8. The molecule has 0 aliphatic carbocycles. The van der Waals surface area contributed by atoms with Gasteiger partial charge in [-0.15, -0.1) is 0 Å². The van der Waals surface area contributed by atoms with E-state index in [2.05, 4.69) is 32.1 Å². The number of rotatable bonds is 5. The number of hydrogen-bond donors (Lipinski definition) is 2. The lowest BCUT2D eigenvalue weighted by atomic mass is 10.0. The number of H-pyrrole nitrogens is 1. The molecule has 10 nitrogen and oxygen atoms in total. The van der Waals surface area contributed by atoms with E-state index in [9.17, 15) is 22.8 Å². The fourth-order valence-corrected chi connectivity index (χ4v) is 5.15. The first-order chi connectivity index (χ1) is 19.5. The van der Waals surface area contributed by atoms with E-state index < -0.39 is 28.8 Å². The van der Waals surface area contributed by atoms with Gasteiger partial charge in [0.05, 0.1) is 40.7 Å². The molecular formula is C27H29ClF3N7O3. The van der Waals surface area contributed by atoms with Crippen LogP contribution >= 0.6 is 11.6 Å². The zero-order chi connectivity index (χ0) is 29.3. The Bertz CT molecular complexity index is 1480. The van der Waals surface area contributed by atoms with Crippen LogP contribution in [0.4, 0.5) is 30.5 Å². The van der Waals surface area contributed by atoms with E-state index >= 15 is 0 Å². The number of pyridine rings is 1. The molecule has 5 rings (SSSR count). The lowest BCUT2D eigenvalue weighted by Gasteiger charge is -2.40. The molecule has 2 aliphatic heterocycles. The topological polar surface area (TPSA) is 107 Å². The van der Waals surface area contributed by atoms with Gasteiger partial charge in [-0.1, -0.05) is 11.6 Å². The summed E-state index contributed by atoms with van der Waals surface area (Å²) in [5, 5.41) is 3.01. The molecule has 1 amide bonds. The minimum absolute atomic E-state index is 0.183. The number of nitrogens with zero attached hydrogens (tertiary/aromatic N) is 5. The molecular weight excluding hydrogens is 563 g/mol. The Hall–Kier alpha value is -3.68. The summed E-state index contributed by atoms with van der Waals surface area (Å²) in [6.07, 6.45) is -0.897. The predicted octanol–water partition coefficient (Wildman–Crippen LogP) is 3.73. The molecule has 41 heavy (non-hydrogen) atoms. The highest BCUT2D eigenvalue weighted by molar-refractivity contribution is 6.34. The van der Waals surface area contributed by atoms with Crippen molar-refractivity contribution < 1.29 is 22.7 Å². The minimum Gasteiger partial charge on any atom is -0.378 e. The summed E-state index contributed by atoms with van der Waals surface area (Å²) in [5.74, 6) is -0.480. The number of likely N-dealkylation sites (N-methyl/N-ethyl adjacent to an activating group) is 1. The van der Waals surface area contributed by atoms with Crippen LogP contribution in [0, 0.1) is 0 Å². The van der Waals surface area contributed by atoms with Crippen LogP contribution in [0.5, 0.6) is 0 Å². The highest BCUT2D eigenvalue weighted by Gasteiger charge is 2.36. The maximum atomic E-state index is 13.7. The van der Waals surface area contributed by atoms with E-state index in [1.807, 2.05) is 16.8 Å². The molecule has 3 aromatic rings. The van der Waals surface area contributed by atoms with Crippen molar-refractivity contribution in [3.63, 3.8) is 0 Å². The molecule has 0 spiro atoms. The molecule has 14 heteroatoms. The molecule has 0 radical (unpaired) electrons. The Morgan fingerprint density at radius 3 is 2.46 bits per heavy atom. The second-order valence-electron chi connectivity index (χ2n) is 10.1. The van der Waals surface area contributed by atoms with Gasteiger partial charge in [0.1, 0.15) is 0 Å². The van der Waals surface area contributed by atoms with Crippen LogP contribution in [0.1, 0.15) is 22.8 Å². The molecule has 2 N–H and O–H groups in total. The third-order valence-corrected chi connectivity index (χ3v) is 7.66. The summed E-state index contributed by atoms with van der Waals surface area (Å²) in [5.41, 5.74) is -1.09. The van der Waals surface area contributed by atoms with Gasteiger partial charge in [-0.2, -0.15) is 13.2 Å². The molecule has 1 unspecified atom stereocenters. The Morgan fingerprint density at radius 1 is 1.10 bits per heavy atom. The van der Waals surface area contributed by atoms with E-state index in [4.69, 9.17) is 16.3 Å². The van der Waals surface area contributed by atoms with E-state index in [0.717, 1.165) is 12.7 Å². The van der Waals surface area contributed by atoms with E-state index in [1.54, 1.807) is 24.5 Å². The van der Waals surface area contributed by atoms with Gasteiger partial charge in [0.2, 0.25) is 11.5 Å². The van der Waals surface area contributed by atoms with Crippen LogP contribution in [-0.2, 0) is 10.9 Å². The average Bonchev–Trinajstić information content (AvgIpc) is 2.95. The van der Waals surface area contributed by atoms with Crippen molar-refractivity contribution in [3.05, 3.63) is 63.3 Å². The zero-order valence-corrected chi connectivity index (χ0v) is 23.2. The van der Waals surface area contributed by atoms with Crippen molar-refractivity contribution in [3.8, 4) is 11.1 Å². The van der Waals surface area contributed by atoms with Crippen molar-refractivity contribution in [2.24, 2.45) is 0 Å². The first-order valence-electron chi connectivity index (χ1n) is 13.1. The van der Waals surface area contributed by atoms with Crippen LogP contribution in [0.2, 0.25) is 5.02 Å². The van der Waals surface area contributed by atoms with Gasteiger partial charge < -0.3 is 29.7 Å². The van der Waals surface area contributed by atoms with Crippen molar-refractivity contribution in [2.75, 3.05) is 68.1 Å². The highest BCUT2D eigenvalue weighted by Crippen LogP contribution is 2.39. The van der Waals surface area contributed by atoms with E-state index in [0.29, 0.717) is 73.2 Å². The number of halogens is 4. The Kier molecular flexibility index (Phi) is 8.20. The fraction of sp³-hybridized carbons (Fsp3) is 0.407. The molecule has 0 saturated carbocycles. The van der Waals surface area contributed by atoms with Crippen LogP contribution in [0.15, 0.2) is 41.6 Å². The van der Waals surface area contributed by atoms with Crippen molar-refractivity contribution >= 4 is 34.8 Å². The Morgan fingerprint density at radius 2 is 1.80 bits per heavy atom. The number of carbonyl (C=O) groups is 1. The third kappa shape index (κ3) is 6.31. The quantitative estimate of drug-likeness (QED) is 0.462. The van der Waals surface area contributed by atoms with Crippen molar-refractivity contribution in [1.29, 1.82) is 0 Å². The number of aromatic amines is 1. The number of amides is 1. The summed E-state index contributed by atoms with van der Waals surface area (Å²) in [6, 6.07) is 3.86. The van der Waals surface area contributed by atoms with Crippen LogP contribution in [0.25, 0.3) is 11.1 Å². The molecule has 2 saturated heterocycles. The van der Waals surface area contributed by atoms with Gasteiger partial charge in [0, 0.05) is 74.5 Å². The SMILES string of the molecule is CC1CN(c2cc(Cl)c(-c3cnc(N4CCOCC4)nc3)cc2NC(=O)c2c[nH]c(=O)cc2C(F)(F)F)CCN1C. The summed E-state index contributed by atoms with van der Waals surface area (Å²) in [6.45, 7) is 6.52. The zero-order valence-electron chi connectivity index (χ0n) is 22.5. The predicted molar refractivity (Wildman–Crippen MR) is 150 cm³/mol. The molecule has 2 aliphatic rings. The molecule has 4 heterocycles. The summed E-state index contributed by atoms with van der Waals surface area (Å²) in [4.78, 5) is 42.2. The third-order valence-electron chi connectivity index (χ3n) is 7.35. The lowest BCUT2D eigenvalue weighted by Crippen LogP contribution is -2.50. The number of alkyl halides is 3. The minimum atomic E-state index is -4.90. The van der Waals surface area contributed by atoms with Gasteiger partial charge in [0.25, 0.3) is 5.91 Å². The summed E-state index contributed by atoms with van der Waals surface area (Å²) >= 11 is 6.74. The molecule has 0 bridgehead atoms. The molecule has 1 aromatic carbocycles. The van der Waals surface area contributed by atoms with E-state index in [1.165, 1.54) is 0 Å². The first-order valence-corrected chi connectivity index (χ1v) is 13.4. The van der Waals surface area contributed by atoms with E-state index in [-0.39, 0.29) is 11.7 Å². The number of anilines is 3. The second-order valence-corrected chi connectivity index (χ2v) is 10.5. The van der Waals surface area contributed by atoms with Crippen LogP contribution < -0.4 is 20.7 Å². The number of carbonyl (C=O) groups excluding carboxylic acids is 1. The van der Waals surface area contributed by atoms with Gasteiger partial charge in [0.15, 0.2) is 0 Å². The molecule has 2 aromatic heterocycles. The molecule has 2 fully saturated rings. The van der Waals surface area contributed by atoms with Crippen molar-refractivity contribution in [1.82, 2.24) is 19.9 Å². The fourth-order valence-electron chi connectivity index (χ4n) is 4.88. The number of morpholine rings is 1. The summed E-state index contributed by atoms with van der Waals surface area (Å²) < 4.78 is 46.5. The first kappa shape index (κ1) is 28.8. The van der Waals surface area contributed by atoms with Gasteiger partial charge in [-0.25, -0.2) is 9.97 Å². The van der Waals surface area contributed by atoms with Crippen molar-refractivity contribution in [2.45, 2.75) is 19.1 Å². The maximum absolute atomic E-state index is 13.7. The largest absolute Gasteiger partial charge is 0.417 e. The Balaban J connectivity index is 1.53. The van der Waals surface area contributed by atoms with Crippen LogP contribution in [-0.4, -0.2) is 84.8 Å². The smallest absolute Gasteiger partial charge is 0.378 e. The van der Waals surface area contributed by atoms with Gasteiger partial charge in [-0.05, 0) is 26.1 Å². The normalized spacial score (nSPS) is 18.4. The maximum Gasteiger partial charge on any atom is 0.417 e. The monoisotopic (exact) mass is 591 g/mol. The highest BCUT2D eigenvalue weighted by atomic mass is 35.5.